The molecule has 5 nitrogen and oxygen atoms in total. The number of carbonyl (C=O) groups excluding carboxylic acids is 2. The normalized spacial score (nSPS) is 12.8. The summed E-state index contributed by atoms with van der Waals surface area (Å²) in [7, 11) is 0. The summed E-state index contributed by atoms with van der Waals surface area (Å²) in [5.41, 5.74) is 0. The summed E-state index contributed by atoms with van der Waals surface area (Å²) >= 11 is 0. The third-order valence-electron chi connectivity index (χ3n) is 13.2. The van der Waals surface area contributed by atoms with E-state index in [4.69, 9.17) is 9.47 Å². The molecule has 0 amide bonds. The van der Waals surface area contributed by atoms with Gasteiger partial charge in [0.25, 0.3) is 0 Å². The van der Waals surface area contributed by atoms with Gasteiger partial charge in [0.15, 0.2) is 6.10 Å². The van der Waals surface area contributed by atoms with Crippen LogP contribution in [0.1, 0.15) is 296 Å². The Morgan fingerprint density at radius 3 is 0.929 bits per heavy atom. The zero-order valence-electron chi connectivity index (χ0n) is 46.3. The molecule has 0 fully saturated rings. The average Bonchev–Trinajstić information content (AvgIpc) is 3.36. The van der Waals surface area contributed by atoms with Gasteiger partial charge in [0.05, 0.1) is 6.61 Å². The summed E-state index contributed by atoms with van der Waals surface area (Å²) in [5, 5.41) is 9.67. The van der Waals surface area contributed by atoms with Gasteiger partial charge in [-0.25, -0.2) is 0 Å². The Bertz CT molecular complexity index is 1290. The van der Waals surface area contributed by atoms with Crippen molar-refractivity contribution in [2.75, 3.05) is 13.2 Å². The number of unbranched alkanes of at least 4 members (excludes halogenated alkanes) is 33. The monoisotopic (exact) mass is 975 g/mol. The lowest BCUT2D eigenvalue weighted by Crippen LogP contribution is -2.28. The van der Waals surface area contributed by atoms with Crippen molar-refractivity contribution in [2.24, 2.45) is 0 Å². The third kappa shape index (κ3) is 57.7. The molecule has 0 aromatic rings. The maximum absolute atomic E-state index is 12.3. The topological polar surface area (TPSA) is 72.8 Å². The summed E-state index contributed by atoms with van der Waals surface area (Å²) in [6.45, 7) is 4.06. The minimum absolute atomic E-state index is 0.0647. The van der Waals surface area contributed by atoms with Gasteiger partial charge in [0.2, 0.25) is 0 Å². The van der Waals surface area contributed by atoms with Crippen LogP contribution in [-0.2, 0) is 19.1 Å². The molecule has 0 aromatic carbocycles. The second-order valence-corrected chi connectivity index (χ2v) is 20.1. The van der Waals surface area contributed by atoms with Crippen molar-refractivity contribution in [3.63, 3.8) is 0 Å². The Morgan fingerprint density at radius 1 is 0.343 bits per heavy atom. The lowest BCUT2D eigenvalue weighted by molar-refractivity contribution is -0.161. The molecule has 70 heavy (non-hydrogen) atoms. The van der Waals surface area contributed by atoms with Gasteiger partial charge in [-0.3, -0.25) is 9.59 Å². The highest BCUT2D eigenvalue weighted by atomic mass is 16.6. The number of hydrogen-bond acceptors (Lipinski definition) is 5. The summed E-state index contributed by atoms with van der Waals surface area (Å²) < 4.78 is 10.7. The van der Waals surface area contributed by atoms with E-state index in [2.05, 4.69) is 98.9 Å². The van der Waals surface area contributed by atoms with Gasteiger partial charge in [0.1, 0.15) is 6.61 Å². The number of esters is 2. The number of hydrogen-bond donors (Lipinski definition) is 1. The Morgan fingerprint density at radius 2 is 0.614 bits per heavy atom. The van der Waals surface area contributed by atoms with Gasteiger partial charge < -0.3 is 14.6 Å². The van der Waals surface area contributed by atoms with Gasteiger partial charge in [-0.05, 0) is 70.6 Å². The molecular formula is C65H114O5. The van der Waals surface area contributed by atoms with Crippen LogP contribution in [0.5, 0.6) is 0 Å². The number of aliphatic hydroxyl groups excluding tert-OH is 1. The van der Waals surface area contributed by atoms with Crippen molar-refractivity contribution in [3.8, 4) is 0 Å². The number of rotatable bonds is 55. The molecule has 0 saturated carbocycles. The summed E-state index contributed by atoms with van der Waals surface area (Å²) in [6.07, 6.45) is 84.2. The molecule has 0 aliphatic heterocycles. The minimum atomic E-state index is -0.775. The number of allylic oxidation sites excluding steroid dienone is 14. The molecular weight excluding hydrogens is 861 g/mol. The first-order valence-electron chi connectivity index (χ1n) is 30.1. The van der Waals surface area contributed by atoms with E-state index in [1.807, 2.05) is 0 Å². The van der Waals surface area contributed by atoms with Crippen molar-refractivity contribution in [2.45, 2.75) is 302 Å². The third-order valence-corrected chi connectivity index (χ3v) is 13.2. The van der Waals surface area contributed by atoms with Crippen LogP contribution in [0.2, 0.25) is 0 Å². The van der Waals surface area contributed by atoms with Crippen LogP contribution in [0.4, 0.5) is 0 Å². The molecule has 0 heterocycles. The van der Waals surface area contributed by atoms with Gasteiger partial charge in [-0.1, -0.05) is 298 Å². The smallest absolute Gasteiger partial charge is 0.306 e. The van der Waals surface area contributed by atoms with Crippen molar-refractivity contribution in [1.29, 1.82) is 0 Å². The van der Waals surface area contributed by atoms with Crippen molar-refractivity contribution >= 4 is 11.9 Å². The zero-order chi connectivity index (χ0) is 50.6. The van der Waals surface area contributed by atoms with Crippen LogP contribution in [0.15, 0.2) is 85.1 Å². The molecule has 0 rings (SSSR count). The largest absolute Gasteiger partial charge is 0.462 e. The lowest BCUT2D eigenvalue weighted by Gasteiger charge is -2.15. The summed E-state index contributed by atoms with van der Waals surface area (Å²) in [4.78, 5) is 24.6. The first kappa shape index (κ1) is 67.1. The van der Waals surface area contributed by atoms with E-state index in [1.54, 1.807) is 0 Å². The van der Waals surface area contributed by atoms with Gasteiger partial charge in [-0.2, -0.15) is 0 Å². The maximum atomic E-state index is 12.3. The highest BCUT2D eigenvalue weighted by Gasteiger charge is 2.16. The number of aliphatic hydroxyl groups is 1. The van der Waals surface area contributed by atoms with Gasteiger partial charge in [-0.15, -0.1) is 0 Å². The Labute approximate surface area is 435 Å². The first-order valence-corrected chi connectivity index (χ1v) is 30.1. The molecule has 0 saturated heterocycles. The SMILES string of the molecule is CC/C=C\C/C=C\C/C=C\C/C=C\C/C=C\C/C=C\C/C=C\CCCCCCCCCCCCCCCC(=O)OC(CO)COC(=O)CCCCCCCCCCCCCCCCCCCCCCC. The van der Waals surface area contributed by atoms with E-state index in [1.165, 1.54) is 186 Å². The number of ether oxygens (including phenoxy) is 2. The zero-order valence-corrected chi connectivity index (χ0v) is 46.3. The molecule has 0 aliphatic carbocycles. The fourth-order valence-electron chi connectivity index (χ4n) is 8.71. The van der Waals surface area contributed by atoms with Crippen LogP contribution in [-0.4, -0.2) is 36.4 Å². The minimum Gasteiger partial charge on any atom is -0.462 e. The van der Waals surface area contributed by atoms with Crippen LogP contribution in [0.3, 0.4) is 0 Å². The molecule has 0 spiro atoms. The van der Waals surface area contributed by atoms with Gasteiger partial charge >= 0.3 is 11.9 Å². The molecule has 1 unspecified atom stereocenters. The molecule has 1 atom stereocenters. The van der Waals surface area contributed by atoms with E-state index in [0.29, 0.717) is 12.8 Å². The van der Waals surface area contributed by atoms with Crippen LogP contribution < -0.4 is 0 Å². The van der Waals surface area contributed by atoms with Crippen molar-refractivity contribution in [3.05, 3.63) is 85.1 Å². The highest BCUT2D eigenvalue weighted by Crippen LogP contribution is 2.17. The standard InChI is InChI=1S/C65H114O5/c1-3-5-7-9-11-13-15-17-19-21-23-25-26-27-28-29-30-31-32-33-34-35-36-37-38-40-42-44-46-48-50-52-54-56-58-60-65(68)70-63(61-66)62-69-64(67)59-57-55-53-51-49-47-45-43-41-39-24-22-20-18-16-14-12-10-8-6-4-2/h5,7,11,13,17,19,23,25,27-28,30-31,33-34,63,66H,3-4,6,8-10,12,14-16,18,20-22,24,26,29,32,35-62H2,1-2H3/b7-5-,13-11-,19-17-,25-23-,28-27-,31-30-,34-33-. The predicted molar refractivity (Wildman–Crippen MR) is 306 cm³/mol. The Balaban J connectivity index is 3.49. The van der Waals surface area contributed by atoms with Crippen molar-refractivity contribution < 1.29 is 24.2 Å². The predicted octanol–water partition coefficient (Wildman–Crippen LogP) is 20.5. The molecule has 404 valence electrons. The second-order valence-electron chi connectivity index (χ2n) is 20.1. The molecule has 0 aliphatic rings. The molecule has 0 aromatic heterocycles. The Kier molecular flexibility index (Phi) is 57.9. The molecule has 0 bridgehead atoms. The second kappa shape index (κ2) is 60.4. The van der Waals surface area contributed by atoms with E-state index >= 15 is 0 Å². The quantitative estimate of drug-likeness (QED) is 0.0373. The Hall–Kier alpha value is -2.92. The van der Waals surface area contributed by atoms with E-state index in [0.717, 1.165) is 83.5 Å². The molecule has 0 radical (unpaired) electrons. The molecule has 5 heteroatoms. The lowest BCUT2D eigenvalue weighted by atomic mass is 10.0. The highest BCUT2D eigenvalue weighted by molar-refractivity contribution is 5.70. The van der Waals surface area contributed by atoms with Crippen molar-refractivity contribution in [1.82, 2.24) is 0 Å². The summed E-state index contributed by atoms with van der Waals surface area (Å²) in [5.74, 6) is -0.580. The van der Waals surface area contributed by atoms with E-state index in [-0.39, 0.29) is 25.2 Å². The first-order chi connectivity index (χ1) is 34.6. The average molecular weight is 976 g/mol. The van der Waals surface area contributed by atoms with E-state index < -0.39 is 6.10 Å². The number of carbonyl (C=O) groups is 2. The van der Waals surface area contributed by atoms with Crippen LogP contribution in [0.25, 0.3) is 0 Å². The van der Waals surface area contributed by atoms with E-state index in [9.17, 15) is 14.7 Å². The van der Waals surface area contributed by atoms with Gasteiger partial charge in [0, 0.05) is 12.8 Å². The van der Waals surface area contributed by atoms with Crippen LogP contribution >= 0.6 is 0 Å². The fourth-order valence-corrected chi connectivity index (χ4v) is 8.71. The summed E-state index contributed by atoms with van der Waals surface area (Å²) in [6, 6.07) is 0. The fraction of sp³-hybridized carbons (Fsp3) is 0.754. The van der Waals surface area contributed by atoms with Crippen LogP contribution in [0, 0.1) is 0 Å². The maximum Gasteiger partial charge on any atom is 0.306 e. The molecule has 1 N–H and O–H groups in total.